The van der Waals surface area contributed by atoms with Crippen molar-refractivity contribution >= 4 is 21.6 Å². The van der Waals surface area contributed by atoms with E-state index >= 15 is 0 Å². The van der Waals surface area contributed by atoms with Crippen LogP contribution in [-0.2, 0) is 23.1 Å². The first-order valence-corrected chi connectivity index (χ1v) is 13.5. The number of amides is 1. The highest BCUT2D eigenvalue weighted by Gasteiger charge is 2.25. The van der Waals surface area contributed by atoms with E-state index in [2.05, 4.69) is 10.3 Å². The summed E-state index contributed by atoms with van der Waals surface area (Å²) in [7, 11) is -3.79. The maximum Gasteiger partial charge on any atom is 0.264 e. The number of hydrogen-bond acceptors (Lipinski definition) is 4. The molecule has 4 aromatic carbocycles. The Morgan fingerprint density at radius 1 is 0.816 bits per heavy atom. The van der Waals surface area contributed by atoms with Crippen molar-refractivity contribution in [3.63, 3.8) is 0 Å². The van der Waals surface area contributed by atoms with Crippen LogP contribution in [0.3, 0.4) is 0 Å². The van der Waals surface area contributed by atoms with Gasteiger partial charge >= 0.3 is 0 Å². The highest BCUT2D eigenvalue weighted by atomic mass is 32.2. The number of hydrogen-bond donors (Lipinski definition) is 1. The zero-order valence-corrected chi connectivity index (χ0v) is 21.3. The van der Waals surface area contributed by atoms with E-state index in [1.165, 1.54) is 4.31 Å². The molecule has 190 valence electrons. The second-order valence-electron chi connectivity index (χ2n) is 8.64. The minimum absolute atomic E-state index is 0.126. The first-order chi connectivity index (χ1) is 18.5. The molecule has 0 atom stereocenters. The molecule has 0 bridgehead atoms. The summed E-state index contributed by atoms with van der Waals surface area (Å²) in [4.78, 5) is 17.2. The molecule has 0 aliphatic rings. The van der Waals surface area contributed by atoms with Gasteiger partial charge in [0.25, 0.3) is 15.9 Å². The van der Waals surface area contributed by atoms with Gasteiger partial charge in [0.1, 0.15) is 0 Å². The summed E-state index contributed by atoms with van der Waals surface area (Å²) in [6.07, 6.45) is 5.28. The summed E-state index contributed by atoms with van der Waals surface area (Å²) < 4.78 is 30.3. The van der Waals surface area contributed by atoms with Crippen LogP contribution < -0.4 is 9.62 Å². The van der Waals surface area contributed by atoms with Gasteiger partial charge in [0.05, 0.1) is 29.1 Å². The minimum atomic E-state index is -3.79. The lowest BCUT2D eigenvalue weighted by molar-refractivity contribution is 0.0951. The third-order valence-corrected chi connectivity index (χ3v) is 7.92. The smallest absolute Gasteiger partial charge is 0.264 e. The van der Waals surface area contributed by atoms with Gasteiger partial charge in [0, 0.05) is 24.5 Å². The molecule has 38 heavy (non-hydrogen) atoms. The summed E-state index contributed by atoms with van der Waals surface area (Å²) in [5, 5.41) is 2.97. The quantitative estimate of drug-likeness (QED) is 0.289. The molecule has 0 saturated heterocycles. The number of nitrogens with zero attached hydrogens (tertiary/aromatic N) is 3. The molecule has 0 saturated carbocycles. The molecule has 0 fully saturated rings. The predicted molar refractivity (Wildman–Crippen MR) is 147 cm³/mol. The predicted octanol–water partition coefficient (Wildman–Crippen LogP) is 5.20. The summed E-state index contributed by atoms with van der Waals surface area (Å²) in [6.45, 7) is 0.480. The molecule has 5 rings (SSSR count). The van der Waals surface area contributed by atoms with Gasteiger partial charge in [-0.15, -0.1) is 0 Å². The number of nitrogens with one attached hydrogen (secondary N) is 1. The van der Waals surface area contributed by atoms with Crippen molar-refractivity contribution in [1.82, 2.24) is 14.9 Å². The fraction of sp³-hybridized carbons (Fsp3) is 0.0667. The van der Waals surface area contributed by atoms with E-state index in [1.807, 2.05) is 41.1 Å². The van der Waals surface area contributed by atoms with Crippen LogP contribution in [0.2, 0.25) is 0 Å². The van der Waals surface area contributed by atoms with Gasteiger partial charge in [0.15, 0.2) is 0 Å². The largest absolute Gasteiger partial charge is 0.348 e. The number of carbonyl (C=O) groups excluding carboxylic acids is 1. The summed E-state index contributed by atoms with van der Waals surface area (Å²) in [6, 6.07) is 32.2. The van der Waals surface area contributed by atoms with E-state index in [-0.39, 0.29) is 17.3 Å². The standard InChI is InChI=1S/C30H26N4O3S/c35-30(32-21-26-9-7-8-14-29(26)33-20-19-31-23-33)25-17-15-24(16-18-25)22-34(27-10-3-1-4-11-27)38(36,37)28-12-5-2-6-13-28/h1-20,23H,21-22H2,(H,32,35). The van der Waals surface area contributed by atoms with E-state index in [9.17, 15) is 13.2 Å². The number of benzene rings is 4. The minimum Gasteiger partial charge on any atom is -0.348 e. The number of carbonyl (C=O) groups is 1. The molecule has 0 spiro atoms. The molecule has 0 aliphatic carbocycles. The van der Waals surface area contributed by atoms with E-state index in [4.69, 9.17) is 0 Å². The van der Waals surface area contributed by atoms with E-state index in [0.29, 0.717) is 17.8 Å². The summed E-state index contributed by atoms with van der Waals surface area (Å²) in [5.74, 6) is -0.214. The maximum absolute atomic E-state index is 13.5. The van der Waals surface area contributed by atoms with Gasteiger partial charge < -0.3 is 9.88 Å². The Bertz CT molecular complexity index is 1600. The summed E-state index contributed by atoms with van der Waals surface area (Å²) in [5.41, 5.74) is 3.72. The molecule has 1 amide bonds. The number of para-hydroxylation sites is 2. The Labute approximate surface area is 222 Å². The molecule has 1 N–H and O–H groups in total. The Balaban J connectivity index is 1.32. The number of sulfonamides is 1. The second-order valence-corrected chi connectivity index (χ2v) is 10.5. The molecule has 1 heterocycles. The van der Waals surface area contributed by atoms with Crippen LogP contribution in [0.1, 0.15) is 21.5 Å². The molecule has 1 aromatic heterocycles. The highest BCUT2D eigenvalue weighted by molar-refractivity contribution is 7.92. The zero-order chi connectivity index (χ0) is 26.4. The van der Waals surface area contributed by atoms with Crippen LogP contribution in [0.4, 0.5) is 5.69 Å². The van der Waals surface area contributed by atoms with Crippen LogP contribution in [0.25, 0.3) is 5.69 Å². The number of imidazole rings is 1. The molecule has 5 aromatic rings. The summed E-state index contributed by atoms with van der Waals surface area (Å²) >= 11 is 0. The van der Waals surface area contributed by atoms with Crippen molar-refractivity contribution in [2.24, 2.45) is 0 Å². The normalized spacial score (nSPS) is 11.2. The SMILES string of the molecule is O=C(NCc1ccccc1-n1ccnc1)c1ccc(CN(c2ccccc2)S(=O)(=O)c2ccccc2)cc1. The van der Waals surface area contributed by atoms with Gasteiger partial charge in [-0.25, -0.2) is 13.4 Å². The van der Waals surface area contributed by atoms with Gasteiger partial charge in [0.2, 0.25) is 0 Å². The average Bonchev–Trinajstić information content (AvgIpc) is 3.51. The van der Waals surface area contributed by atoms with Crippen LogP contribution in [0.15, 0.2) is 133 Å². The first kappa shape index (κ1) is 25.0. The fourth-order valence-corrected chi connectivity index (χ4v) is 5.62. The third kappa shape index (κ3) is 5.50. The van der Waals surface area contributed by atoms with Crippen molar-refractivity contribution in [3.8, 4) is 5.69 Å². The first-order valence-electron chi connectivity index (χ1n) is 12.1. The molecular weight excluding hydrogens is 496 g/mol. The van der Waals surface area contributed by atoms with E-state index in [0.717, 1.165) is 16.8 Å². The van der Waals surface area contributed by atoms with Gasteiger partial charge in [-0.3, -0.25) is 9.10 Å². The fourth-order valence-electron chi connectivity index (χ4n) is 4.15. The van der Waals surface area contributed by atoms with Crippen molar-refractivity contribution in [1.29, 1.82) is 0 Å². The van der Waals surface area contributed by atoms with Crippen LogP contribution in [0, 0.1) is 0 Å². The van der Waals surface area contributed by atoms with Gasteiger partial charge in [-0.1, -0.05) is 66.7 Å². The molecular formula is C30H26N4O3S. The molecule has 8 heteroatoms. The maximum atomic E-state index is 13.5. The number of rotatable bonds is 9. The lowest BCUT2D eigenvalue weighted by atomic mass is 10.1. The second kappa shape index (κ2) is 11.1. The van der Waals surface area contributed by atoms with Crippen LogP contribution >= 0.6 is 0 Å². The average molecular weight is 523 g/mol. The van der Waals surface area contributed by atoms with Crippen molar-refractivity contribution in [2.45, 2.75) is 18.0 Å². The lowest BCUT2D eigenvalue weighted by Crippen LogP contribution is -2.30. The Hall–Kier alpha value is -4.69. The van der Waals surface area contributed by atoms with Crippen LogP contribution in [0.5, 0.6) is 0 Å². The Morgan fingerprint density at radius 2 is 1.47 bits per heavy atom. The topological polar surface area (TPSA) is 84.3 Å². The van der Waals surface area contributed by atoms with Crippen LogP contribution in [-0.4, -0.2) is 23.9 Å². The number of anilines is 1. The van der Waals surface area contributed by atoms with E-state index < -0.39 is 10.0 Å². The molecule has 7 nitrogen and oxygen atoms in total. The third-order valence-electron chi connectivity index (χ3n) is 6.13. The zero-order valence-electron chi connectivity index (χ0n) is 20.5. The molecule has 0 aliphatic heterocycles. The van der Waals surface area contributed by atoms with Crippen molar-refractivity contribution < 1.29 is 13.2 Å². The van der Waals surface area contributed by atoms with Gasteiger partial charge in [-0.2, -0.15) is 0 Å². The number of aromatic nitrogens is 2. The Morgan fingerprint density at radius 3 is 2.16 bits per heavy atom. The highest BCUT2D eigenvalue weighted by Crippen LogP contribution is 2.26. The van der Waals surface area contributed by atoms with Crippen molar-refractivity contribution in [3.05, 3.63) is 145 Å². The molecule has 0 unspecified atom stereocenters. The van der Waals surface area contributed by atoms with Crippen molar-refractivity contribution in [2.75, 3.05) is 4.31 Å². The van der Waals surface area contributed by atoms with Gasteiger partial charge in [-0.05, 0) is 53.6 Å². The Kier molecular flexibility index (Phi) is 7.33. The molecule has 0 radical (unpaired) electrons. The van der Waals surface area contributed by atoms with E-state index in [1.54, 1.807) is 91.4 Å². The lowest BCUT2D eigenvalue weighted by Gasteiger charge is -2.25. The monoisotopic (exact) mass is 522 g/mol.